The minimum atomic E-state index is -4.64. The molecule has 8 heteroatoms. The van der Waals surface area contributed by atoms with Gasteiger partial charge in [-0.2, -0.15) is 17.8 Å². The Balaban J connectivity index is 1.90. The van der Waals surface area contributed by atoms with E-state index in [1.807, 2.05) is 12.1 Å². The van der Waals surface area contributed by atoms with Crippen LogP contribution in [0.3, 0.4) is 0 Å². The summed E-state index contributed by atoms with van der Waals surface area (Å²) < 4.78 is 36.2. The van der Waals surface area contributed by atoms with Gasteiger partial charge in [-0.25, -0.2) is 0 Å². The normalized spacial score (nSPS) is 20.5. The second-order valence-corrected chi connectivity index (χ2v) is 6.41. The Morgan fingerprint density at radius 1 is 1.33 bits per heavy atom. The highest BCUT2D eigenvalue weighted by Crippen LogP contribution is 2.33. The van der Waals surface area contributed by atoms with E-state index in [1.165, 1.54) is 0 Å². The van der Waals surface area contributed by atoms with Crippen molar-refractivity contribution in [2.24, 2.45) is 0 Å². The van der Waals surface area contributed by atoms with Gasteiger partial charge in [-0.3, -0.25) is 10.1 Å². The molecule has 1 atom stereocenters. The smallest absolute Gasteiger partial charge is 0.282 e. The molecule has 6 nitrogen and oxygen atoms in total. The third-order valence-corrected chi connectivity index (χ3v) is 4.71. The van der Waals surface area contributed by atoms with Crippen molar-refractivity contribution in [3.8, 4) is 11.1 Å². The molecule has 0 spiro atoms. The summed E-state index contributed by atoms with van der Waals surface area (Å²) in [4.78, 5) is 3.97. The predicted molar refractivity (Wildman–Crippen MR) is 75.4 cm³/mol. The average Bonchev–Trinajstić information content (AvgIpc) is 2.97. The van der Waals surface area contributed by atoms with Crippen molar-refractivity contribution in [3.63, 3.8) is 0 Å². The van der Waals surface area contributed by atoms with Gasteiger partial charge in [0.05, 0.1) is 6.20 Å². The number of halogens is 1. The lowest BCUT2D eigenvalue weighted by Crippen LogP contribution is -2.37. The summed E-state index contributed by atoms with van der Waals surface area (Å²) in [5.41, 5.74) is 2.70. The van der Waals surface area contributed by atoms with Gasteiger partial charge >= 0.3 is 10.4 Å². The molecule has 21 heavy (non-hydrogen) atoms. The van der Waals surface area contributed by atoms with Crippen LogP contribution in [0.2, 0.25) is 0 Å². The molecular weight excluding hydrogens is 295 g/mol. The molecule has 112 valence electrons. The number of H-pyrrole nitrogens is 1. The van der Waals surface area contributed by atoms with Gasteiger partial charge in [0.25, 0.3) is 0 Å². The maximum absolute atomic E-state index is 13.2. The van der Waals surface area contributed by atoms with E-state index in [4.69, 9.17) is 0 Å². The van der Waals surface area contributed by atoms with Gasteiger partial charge in [0.2, 0.25) is 0 Å². The molecule has 0 bridgehead atoms. The number of nitrogens with one attached hydrogen (secondary N) is 1. The van der Waals surface area contributed by atoms with Gasteiger partial charge in [-0.05, 0) is 30.5 Å². The lowest BCUT2D eigenvalue weighted by molar-refractivity contribution is 0.299. The van der Waals surface area contributed by atoms with Crippen molar-refractivity contribution < 1.29 is 12.3 Å². The maximum atomic E-state index is 13.2. The van der Waals surface area contributed by atoms with E-state index in [1.54, 1.807) is 18.6 Å². The van der Waals surface area contributed by atoms with E-state index in [2.05, 4.69) is 15.2 Å². The highest BCUT2D eigenvalue weighted by atomic mass is 32.3. The first-order valence-corrected chi connectivity index (χ1v) is 8.03. The number of hydrogen-bond acceptors (Lipinski definition) is 4. The molecule has 1 N–H and O–H groups in total. The van der Waals surface area contributed by atoms with Crippen molar-refractivity contribution in [2.45, 2.75) is 18.8 Å². The standard InChI is InChI=1S/C13H15FN4O2S/c14-21(19,20)18-7-1-2-11(9-18)13-12(8-16-17-13)10-3-5-15-6-4-10/h3-6,8,11H,1-2,7,9H2,(H,16,17)/t11-/m1/s1. The van der Waals surface area contributed by atoms with Crippen LogP contribution in [0, 0.1) is 0 Å². The van der Waals surface area contributed by atoms with Crippen molar-refractivity contribution in [1.82, 2.24) is 19.5 Å². The largest absolute Gasteiger partial charge is 0.374 e. The zero-order valence-corrected chi connectivity index (χ0v) is 12.1. The molecule has 1 aliphatic rings. The fourth-order valence-corrected chi connectivity index (χ4v) is 3.45. The maximum Gasteiger partial charge on any atom is 0.374 e. The topological polar surface area (TPSA) is 79.0 Å². The van der Waals surface area contributed by atoms with Crippen LogP contribution in [0.25, 0.3) is 11.1 Å². The monoisotopic (exact) mass is 310 g/mol. The molecule has 0 aromatic carbocycles. The molecule has 1 fully saturated rings. The van der Waals surface area contributed by atoms with Crippen molar-refractivity contribution >= 4 is 10.4 Å². The Bertz CT molecular complexity index is 717. The molecule has 2 aromatic rings. The third-order valence-electron chi connectivity index (χ3n) is 3.76. The quantitative estimate of drug-likeness (QED) is 0.878. The molecule has 0 radical (unpaired) electrons. The number of aromatic nitrogens is 3. The minimum absolute atomic E-state index is 0.0880. The van der Waals surface area contributed by atoms with Crippen LogP contribution in [0.1, 0.15) is 24.5 Å². The van der Waals surface area contributed by atoms with Gasteiger partial charge in [0.1, 0.15) is 0 Å². The summed E-state index contributed by atoms with van der Waals surface area (Å²) in [7, 11) is -4.64. The van der Waals surface area contributed by atoms with Gasteiger partial charge in [0, 0.05) is 42.7 Å². The minimum Gasteiger partial charge on any atom is -0.282 e. The Morgan fingerprint density at radius 2 is 2.10 bits per heavy atom. The summed E-state index contributed by atoms with van der Waals surface area (Å²) in [6.45, 7) is 0.368. The Labute approximate surface area is 122 Å². The Kier molecular flexibility index (Phi) is 3.73. The number of nitrogens with zero attached hydrogens (tertiary/aromatic N) is 3. The highest BCUT2D eigenvalue weighted by Gasteiger charge is 2.31. The third kappa shape index (κ3) is 2.96. The molecule has 1 aliphatic heterocycles. The molecule has 0 saturated carbocycles. The molecular formula is C13H15FN4O2S. The predicted octanol–water partition coefficient (Wildman–Crippen LogP) is 1.87. The van der Waals surface area contributed by atoms with E-state index >= 15 is 0 Å². The first-order chi connectivity index (χ1) is 10.1. The van der Waals surface area contributed by atoms with Crippen LogP contribution in [0.15, 0.2) is 30.7 Å². The summed E-state index contributed by atoms with van der Waals surface area (Å²) in [6, 6.07) is 3.72. The van der Waals surface area contributed by atoms with Crippen molar-refractivity contribution in [1.29, 1.82) is 0 Å². The summed E-state index contributed by atoms with van der Waals surface area (Å²) >= 11 is 0. The fraction of sp³-hybridized carbons (Fsp3) is 0.385. The zero-order valence-electron chi connectivity index (χ0n) is 11.2. The van der Waals surface area contributed by atoms with Crippen LogP contribution in [0.5, 0.6) is 0 Å². The molecule has 3 heterocycles. The molecule has 2 aromatic heterocycles. The van der Waals surface area contributed by atoms with Crippen LogP contribution in [-0.2, 0) is 10.4 Å². The van der Waals surface area contributed by atoms with E-state index < -0.39 is 10.4 Å². The number of pyridine rings is 1. The lowest BCUT2D eigenvalue weighted by atomic mass is 9.92. The Hall–Kier alpha value is -1.80. The molecule has 1 saturated heterocycles. The summed E-state index contributed by atoms with van der Waals surface area (Å²) in [5.74, 6) is -0.0880. The highest BCUT2D eigenvalue weighted by molar-refractivity contribution is 7.83. The van der Waals surface area contributed by atoms with E-state index in [0.717, 1.165) is 27.5 Å². The number of piperidine rings is 1. The van der Waals surface area contributed by atoms with Crippen molar-refractivity contribution in [2.75, 3.05) is 13.1 Å². The Morgan fingerprint density at radius 3 is 2.81 bits per heavy atom. The zero-order chi connectivity index (χ0) is 14.9. The number of aromatic amines is 1. The van der Waals surface area contributed by atoms with Crippen LogP contribution >= 0.6 is 0 Å². The first kappa shape index (κ1) is 14.2. The van der Waals surface area contributed by atoms with Gasteiger partial charge < -0.3 is 0 Å². The van der Waals surface area contributed by atoms with Crippen molar-refractivity contribution in [3.05, 3.63) is 36.4 Å². The summed E-state index contributed by atoms with van der Waals surface area (Å²) in [6.07, 6.45) is 6.50. The van der Waals surface area contributed by atoms with Gasteiger partial charge in [0.15, 0.2) is 0 Å². The second kappa shape index (κ2) is 5.53. The van der Waals surface area contributed by atoms with Crippen LogP contribution in [-0.4, -0.2) is 41.0 Å². The first-order valence-electron chi connectivity index (χ1n) is 6.69. The lowest BCUT2D eigenvalue weighted by Gasteiger charge is -2.29. The van der Waals surface area contributed by atoms with E-state index in [-0.39, 0.29) is 19.0 Å². The van der Waals surface area contributed by atoms with Gasteiger partial charge in [-0.1, -0.05) is 3.89 Å². The molecule has 0 unspecified atom stereocenters. The van der Waals surface area contributed by atoms with Crippen LogP contribution in [0.4, 0.5) is 3.89 Å². The van der Waals surface area contributed by atoms with Gasteiger partial charge in [-0.15, -0.1) is 0 Å². The molecule has 3 rings (SSSR count). The second-order valence-electron chi connectivity index (χ2n) is 5.07. The SMILES string of the molecule is O=S(=O)(F)N1CCC[C@@H](c2[nH]ncc2-c2ccncc2)C1. The number of rotatable bonds is 3. The summed E-state index contributed by atoms with van der Waals surface area (Å²) in [5, 5.41) is 6.99. The van der Waals surface area contributed by atoms with E-state index in [0.29, 0.717) is 6.42 Å². The molecule has 0 aliphatic carbocycles. The fourth-order valence-electron chi connectivity index (χ4n) is 2.74. The van der Waals surface area contributed by atoms with Crippen LogP contribution < -0.4 is 0 Å². The molecule has 0 amide bonds. The van der Waals surface area contributed by atoms with E-state index in [9.17, 15) is 12.3 Å². The number of hydrogen-bond donors (Lipinski definition) is 1. The average molecular weight is 310 g/mol.